The zero-order chi connectivity index (χ0) is 19.9. The SMILES string of the molecule is O=C(NCc1ccncc1)c1cncc(Nc2ccc(N3CCCCC3)cc2)c1. The van der Waals surface area contributed by atoms with Crippen LogP contribution in [0, 0.1) is 0 Å². The number of carbonyl (C=O) groups is 1. The molecule has 0 atom stereocenters. The van der Waals surface area contributed by atoms with Gasteiger partial charge in [0.2, 0.25) is 0 Å². The van der Waals surface area contributed by atoms with Crippen molar-refractivity contribution >= 4 is 23.0 Å². The Morgan fingerprint density at radius 3 is 2.41 bits per heavy atom. The van der Waals surface area contributed by atoms with Crippen LogP contribution in [0.15, 0.2) is 67.3 Å². The van der Waals surface area contributed by atoms with Gasteiger partial charge in [0.05, 0.1) is 17.4 Å². The number of rotatable bonds is 6. The minimum atomic E-state index is -0.154. The largest absolute Gasteiger partial charge is 0.372 e. The Labute approximate surface area is 171 Å². The van der Waals surface area contributed by atoms with Crippen LogP contribution in [0.1, 0.15) is 35.2 Å². The van der Waals surface area contributed by atoms with E-state index >= 15 is 0 Å². The number of pyridine rings is 2. The van der Waals surface area contributed by atoms with E-state index in [0.717, 1.165) is 30.0 Å². The van der Waals surface area contributed by atoms with Crippen molar-refractivity contribution < 1.29 is 4.79 Å². The molecule has 1 fully saturated rings. The minimum Gasteiger partial charge on any atom is -0.372 e. The highest BCUT2D eigenvalue weighted by molar-refractivity contribution is 5.94. The number of hydrogen-bond acceptors (Lipinski definition) is 5. The van der Waals surface area contributed by atoms with Crippen LogP contribution in [-0.4, -0.2) is 29.0 Å². The molecule has 1 aromatic carbocycles. The number of piperidine rings is 1. The molecule has 0 saturated carbocycles. The van der Waals surface area contributed by atoms with Crippen LogP contribution in [0.25, 0.3) is 0 Å². The molecule has 29 heavy (non-hydrogen) atoms. The number of aromatic nitrogens is 2. The van der Waals surface area contributed by atoms with Gasteiger partial charge in [-0.25, -0.2) is 0 Å². The average Bonchev–Trinajstić information content (AvgIpc) is 2.79. The molecule has 2 N–H and O–H groups in total. The predicted octanol–water partition coefficient (Wildman–Crippen LogP) is 4.14. The lowest BCUT2D eigenvalue weighted by Gasteiger charge is -2.28. The lowest BCUT2D eigenvalue weighted by molar-refractivity contribution is 0.0950. The summed E-state index contributed by atoms with van der Waals surface area (Å²) in [6.45, 7) is 2.72. The molecule has 3 heterocycles. The Kier molecular flexibility index (Phi) is 6.00. The quantitative estimate of drug-likeness (QED) is 0.665. The third-order valence-corrected chi connectivity index (χ3v) is 5.08. The molecule has 2 aromatic heterocycles. The molecular formula is C23H25N5O. The van der Waals surface area contributed by atoms with Crippen LogP contribution in [0.3, 0.4) is 0 Å². The molecule has 0 radical (unpaired) electrons. The Bertz CT molecular complexity index is 937. The molecule has 1 aliphatic heterocycles. The van der Waals surface area contributed by atoms with Crippen molar-refractivity contribution in [3.8, 4) is 0 Å². The van der Waals surface area contributed by atoms with Gasteiger partial charge in [-0.15, -0.1) is 0 Å². The van der Waals surface area contributed by atoms with Crippen molar-refractivity contribution in [2.45, 2.75) is 25.8 Å². The number of hydrogen-bond donors (Lipinski definition) is 2. The van der Waals surface area contributed by atoms with Gasteiger partial charge in [0.15, 0.2) is 0 Å². The van der Waals surface area contributed by atoms with Gasteiger partial charge >= 0.3 is 0 Å². The standard InChI is InChI=1S/C23H25N5O/c29-23(26-15-18-8-10-24-11-9-18)19-14-21(17-25-16-19)27-20-4-6-22(7-5-20)28-12-2-1-3-13-28/h4-11,14,16-17,27H,1-3,12-13,15H2,(H,26,29). The van der Waals surface area contributed by atoms with E-state index < -0.39 is 0 Å². The first kappa shape index (κ1) is 18.9. The number of carbonyl (C=O) groups excluding carboxylic acids is 1. The summed E-state index contributed by atoms with van der Waals surface area (Å²) < 4.78 is 0. The van der Waals surface area contributed by atoms with Crippen LogP contribution < -0.4 is 15.5 Å². The van der Waals surface area contributed by atoms with Gasteiger partial charge in [0.1, 0.15) is 0 Å². The van der Waals surface area contributed by atoms with Gasteiger partial charge in [-0.3, -0.25) is 14.8 Å². The van der Waals surface area contributed by atoms with E-state index in [4.69, 9.17) is 0 Å². The highest BCUT2D eigenvalue weighted by atomic mass is 16.1. The second-order valence-corrected chi connectivity index (χ2v) is 7.22. The summed E-state index contributed by atoms with van der Waals surface area (Å²) in [5.74, 6) is -0.154. The lowest BCUT2D eigenvalue weighted by atomic mass is 10.1. The van der Waals surface area contributed by atoms with E-state index in [9.17, 15) is 4.79 Å². The summed E-state index contributed by atoms with van der Waals surface area (Å²) >= 11 is 0. The molecule has 1 amide bonds. The monoisotopic (exact) mass is 387 g/mol. The van der Waals surface area contributed by atoms with Crippen molar-refractivity contribution in [1.29, 1.82) is 0 Å². The minimum absolute atomic E-state index is 0.154. The second kappa shape index (κ2) is 9.19. The molecular weight excluding hydrogens is 362 g/mol. The van der Waals surface area contributed by atoms with Gasteiger partial charge in [-0.1, -0.05) is 0 Å². The number of amides is 1. The van der Waals surface area contributed by atoms with Crippen molar-refractivity contribution in [3.63, 3.8) is 0 Å². The molecule has 1 saturated heterocycles. The molecule has 1 aliphatic rings. The van der Waals surface area contributed by atoms with E-state index in [-0.39, 0.29) is 5.91 Å². The molecule has 0 aliphatic carbocycles. The van der Waals surface area contributed by atoms with Crippen LogP contribution in [-0.2, 0) is 6.54 Å². The van der Waals surface area contributed by atoms with Crippen molar-refractivity contribution in [2.24, 2.45) is 0 Å². The van der Waals surface area contributed by atoms with Crippen molar-refractivity contribution in [2.75, 3.05) is 23.3 Å². The molecule has 6 nitrogen and oxygen atoms in total. The van der Waals surface area contributed by atoms with Gasteiger partial charge in [-0.2, -0.15) is 0 Å². The number of benzene rings is 1. The fourth-order valence-corrected chi connectivity index (χ4v) is 3.49. The third kappa shape index (κ3) is 5.10. The first-order valence-corrected chi connectivity index (χ1v) is 10.0. The normalized spacial score (nSPS) is 13.7. The van der Waals surface area contributed by atoms with Gasteiger partial charge in [-0.05, 0) is 67.3 Å². The summed E-state index contributed by atoms with van der Waals surface area (Å²) in [5.41, 5.74) is 4.55. The van der Waals surface area contributed by atoms with E-state index in [1.54, 1.807) is 24.8 Å². The molecule has 148 valence electrons. The maximum Gasteiger partial charge on any atom is 0.253 e. The molecule has 0 spiro atoms. The Hall–Kier alpha value is -3.41. The second-order valence-electron chi connectivity index (χ2n) is 7.22. The van der Waals surface area contributed by atoms with E-state index in [1.165, 1.54) is 24.9 Å². The number of nitrogens with zero attached hydrogens (tertiary/aromatic N) is 3. The molecule has 4 rings (SSSR count). The number of anilines is 3. The first-order chi connectivity index (χ1) is 14.3. The van der Waals surface area contributed by atoms with Gasteiger partial charge in [0.25, 0.3) is 5.91 Å². The predicted molar refractivity (Wildman–Crippen MR) is 115 cm³/mol. The van der Waals surface area contributed by atoms with E-state index in [2.05, 4.69) is 49.8 Å². The molecule has 0 unspecified atom stereocenters. The van der Waals surface area contributed by atoms with Crippen LogP contribution in [0.5, 0.6) is 0 Å². The van der Waals surface area contributed by atoms with E-state index in [0.29, 0.717) is 12.1 Å². The summed E-state index contributed by atoms with van der Waals surface area (Å²) in [6, 6.07) is 14.0. The fraction of sp³-hybridized carbons (Fsp3) is 0.261. The Balaban J connectivity index is 1.37. The zero-order valence-corrected chi connectivity index (χ0v) is 16.3. The average molecular weight is 387 g/mol. The maximum atomic E-state index is 12.4. The van der Waals surface area contributed by atoms with Crippen molar-refractivity contribution in [3.05, 3.63) is 78.4 Å². The van der Waals surface area contributed by atoms with Gasteiger partial charge < -0.3 is 15.5 Å². The summed E-state index contributed by atoms with van der Waals surface area (Å²) in [7, 11) is 0. The summed E-state index contributed by atoms with van der Waals surface area (Å²) in [5, 5.41) is 6.24. The summed E-state index contributed by atoms with van der Waals surface area (Å²) in [6.07, 6.45) is 10.6. The van der Waals surface area contributed by atoms with Crippen molar-refractivity contribution in [1.82, 2.24) is 15.3 Å². The van der Waals surface area contributed by atoms with Crippen LogP contribution >= 0.6 is 0 Å². The molecule has 0 bridgehead atoms. The molecule has 6 heteroatoms. The van der Waals surface area contributed by atoms with E-state index in [1.807, 2.05) is 18.2 Å². The van der Waals surface area contributed by atoms with Crippen LogP contribution in [0.4, 0.5) is 17.1 Å². The summed E-state index contributed by atoms with van der Waals surface area (Å²) in [4.78, 5) is 23.1. The lowest BCUT2D eigenvalue weighted by Crippen LogP contribution is -2.29. The highest BCUT2D eigenvalue weighted by Gasteiger charge is 2.11. The first-order valence-electron chi connectivity index (χ1n) is 10.0. The van der Waals surface area contributed by atoms with Gasteiger partial charge in [0, 0.05) is 49.6 Å². The Morgan fingerprint density at radius 1 is 0.897 bits per heavy atom. The zero-order valence-electron chi connectivity index (χ0n) is 16.3. The smallest absolute Gasteiger partial charge is 0.253 e. The van der Waals surface area contributed by atoms with Crippen LogP contribution in [0.2, 0.25) is 0 Å². The third-order valence-electron chi connectivity index (χ3n) is 5.08. The molecule has 3 aromatic rings. The number of nitrogens with one attached hydrogen (secondary N) is 2. The Morgan fingerprint density at radius 2 is 1.66 bits per heavy atom. The topological polar surface area (TPSA) is 70.1 Å². The fourth-order valence-electron chi connectivity index (χ4n) is 3.49. The highest BCUT2D eigenvalue weighted by Crippen LogP contribution is 2.23. The maximum absolute atomic E-state index is 12.4.